The molecule has 0 radical (unpaired) electrons. The number of nitrogens with one attached hydrogen (secondary N) is 1. The van der Waals surface area contributed by atoms with E-state index in [2.05, 4.69) is 54.0 Å². The highest BCUT2D eigenvalue weighted by Gasteiger charge is 2.29. The Morgan fingerprint density at radius 1 is 1.37 bits per heavy atom. The van der Waals surface area contributed by atoms with Gasteiger partial charge >= 0.3 is 0 Å². The molecule has 0 aliphatic heterocycles. The third-order valence-corrected chi connectivity index (χ3v) is 5.19. The number of rotatable bonds is 7. The zero-order chi connectivity index (χ0) is 14.6. The van der Waals surface area contributed by atoms with E-state index in [9.17, 15) is 0 Å². The van der Waals surface area contributed by atoms with Gasteiger partial charge in [0.05, 0.1) is 15.9 Å². The van der Waals surface area contributed by atoms with E-state index >= 15 is 0 Å². The average molecular weight is 330 g/mol. The lowest BCUT2D eigenvalue weighted by atomic mass is 9.79. The second-order valence-electron chi connectivity index (χ2n) is 6.02. The number of aryl methyl sites for hydroxylation is 2. The number of halogens is 1. The van der Waals surface area contributed by atoms with E-state index in [-0.39, 0.29) is 5.41 Å². The Balaban J connectivity index is 2.94. The molecule has 0 saturated heterocycles. The van der Waals surface area contributed by atoms with Gasteiger partial charge in [-0.15, -0.1) is 0 Å². The van der Waals surface area contributed by atoms with Gasteiger partial charge in [0.2, 0.25) is 0 Å². The Kier molecular flexibility index (Phi) is 6.06. The van der Waals surface area contributed by atoms with E-state index in [1.807, 2.05) is 18.7 Å². The van der Waals surface area contributed by atoms with Gasteiger partial charge in [0, 0.05) is 19.5 Å². The van der Waals surface area contributed by atoms with Crippen molar-refractivity contribution in [2.24, 2.45) is 12.5 Å². The van der Waals surface area contributed by atoms with Gasteiger partial charge < -0.3 is 5.32 Å². The van der Waals surface area contributed by atoms with Crippen molar-refractivity contribution in [3.63, 3.8) is 0 Å². The summed E-state index contributed by atoms with van der Waals surface area (Å²) >= 11 is 3.68. The summed E-state index contributed by atoms with van der Waals surface area (Å²) in [5.41, 5.74) is 2.64. The molecular weight excluding hydrogens is 302 g/mol. The van der Waals surface area contributed by atoms with Crippen LogP contribution in [0.1, 0.15) is 51.9 Å². The second kappa shape index (κ2) is 6.89. The SMILES string of the molecule is CCCNC(Cc1c(Br)c(C)nn1C)C(C)(C)CC. The smallest absolute Gasteiger partial charge is 0.0738 e. The molecule has 0 aromatic carbocycles. The third-order valence-electron chi connectivity index (χ3n) is 4.15. The van der Waals surface area contributed by atoms with Crippen LogP contribution >= 0.6 is 15.9 Å². The molecule has 110 valence electrons. The Bertz CT molecular complexity index is 410. The standard InChI is InChI=1S/C15H28BrN3/c1-7-9-17-13(15(4,5)8-2)10-12-14(16)11(3)18-19(12)6/h13,17H,7-10H2,1-6H3. The molecule has 1 heterocycles. The number of nitrogens with zero attached hydrogens (tertiary/aromatic N) is 2. The quantitative estimate of drug-likeness (QED) is 0.823. The molecule has 3 nitrogen and oxygen atoms in total. The summed E-state index contributed by atoms with van der Waals surface area (Å²) in [5.74, 6) is 0. The van der Waals surface area contributed by atoms with Gasteiger partial charge in [-0.25, -0.2) is 0 Å². The third kappa shape index (κ3) is 4.06. The maximum absolute atomic E-state index is 4.49. The van der Waals surface area contributed by atoms with E-state index in [0.717, 1.165) is 23.1 Å². The summed E-state index contributed by atoms with van der Waals surface area (Å²) in [6.07, 6.45) is 3.35. The van der Waals surface area contributed by atoms with Crippen molar-refractivity contribution in [3.8, 4) is 0 Å². The lowest BCUT2D eigenvalue weighted by molar-refractivity contribution is 0.227. The van der Waals surface area contributed by atoms with Gasteiger partial charge in [0.25, 0.3) is 0 Å². The van der Waals surface area contributed by atoms with Gasteiger partial charge in [-0.3, -0.25) is 4.68 Å². The van der Waals surface area contributed by atoms with Crippen molar-refractivity contribution in [3.05, 3.63) is 15.9 Å². The molecule has 0 aliphatic carbocycles. The van der Waals surface area contributed by atoms with Gasteiger partial charge in [0.1, 0.15) is 0 Å². The molecule has 1 N–H and O–H groups in total. The van der Waals surface area contributed by atoms with Crippen molar-refractivity contribution in [2.75, 3.05) is 6.54 Å². The average Bonchev–Trinajstić information content (AvgIpc) is 2.60. The van der Waals surface area contributed by atoms with Crippen LogP contribution in [0.4, 0.5) is 0 Å². The zero-order valence-corrected chi connectivity index (χ0v) is 14.8. The van der Waals surface area contributed by atoms with Gasteiger partial charge in [-0.05, 0) is 47.7 Å². The van der Waals surface area contributed by atoms with Gasteiger partial charge in [-0.1, -0.05) is 27.7 Å². The molecule has 1 aromatic heterocycles. The molecule has 19 heavy (non-hydrogen) atoms. The Labute approximate surface area is 126 Å². The Hall–Kier alpha value is -0.350. The predicted molar refractivity (Wildman–Crippen MR) is 85.5 cm³/mol. The fourth-order valence-electron chi connectivity index (χ4n) is 2.28. The predicted octanol–water partition coefficient (Wildman–Crippen LogP) is 3.84. The first-order valence-corrected chi connectivity index (χ1v) is 8.04. The Morgan fingerprint density at radius 3 is 2.42 bits per heavy atom. The molecule has 1 aromatic rings. The van der Waals surface area contributed by atoms with Crippen LogP contribution in [0.5, 0.6) is 0 Å². The van der Waals surface area contributed by atoms with Crippen LogP contribution in [-0.2, 0) is 13.5 Å². The van der Waals surface area contributed by atoms with Crippen LogP contribution in [0, 0.1) is 12.3 Å². The first-order chi connectivity index (χ1) is 8.83. The van der Waals surface area contributed by atoms with Crippen molar-refractivity contribution in [1.29, 1.82) is 0 Å². The highest BCUT2D eigenvalue weighted by atomic mass is 79.9. The highest BCUT2D eigenvalue weighted by molar-refractivity contribution is 9.10. The lowest BCUT2D eigenvalue weighted by Crippen LogP contribution is -2.44. The molecule has 0 aliphatic rings. The van der Waals surface area contributed by atoms with Crippen molar-refractivity contribution in [2.45, 2.75) is 59.9 Å². The number of hydrogen-bond donors (Lipinski definition) is 1. The lowest BCUT2D eigenvalue weighted by Gasteiger charge is -2.34. The van der Waals surface area contributed by atoms with Gasteiger partial charge in [-0.2, -0.15) is 5.10 Å². The van der Waals surface area contributed by atoms with Gasteiger partial charge in [0.15, 0.2) is 0 Å². The monoisotopic (exact) mass is 329 g/mol. The fourth-order valence-corrected chi connectivity index (χ4v) is 2.78. The van der Waals surface area contributed by atoms with Crippen molar-refractivity contribution < 1.29 is 0 Å². The topological polar surface area (TPSA) is 29.9 Å². The minimum absolute atomic E-state index is 0.285. The number of hydrogen-bond acceptors (Lipinski definition) is 2. The molecule has 0 amide bonds. The first-order valence-electron chi connectivity index (χ1n) is 7.24. The second-order valence-corrected chi connectivity index (χ2v) is 6.82. The molecular formula is C15H28BrN3. The minimum atomic E-state index is 0.285. The summed E-state index contributed by atoms with van der Waals surface area (Å²) in [6, 6.07) is 0.476. The number of aromatic nitrogens is 2. The summed E-state index contributed by atoms with van der Waals surface area (Å²) in [4.78, 5) is 0. The van der Waals surface area contributed by atoms with Crippen LogP contribution in [0.2, 0.25) is 0 Å². The van der Waals surface area contributed by atoms with Crippen LogP contribution in [-0.4, -0.2) is 22.4 Å². The molecule has 0 bridgehead atoms. The molecule has 0 fully saturated rings. The maximum atomic E-state index is 4.49. The molecule has 1 atom stereocenters. The first kappa shape index (κ1) is 16.7. The Morgan fingerprint density at radius 2 is 2.00 bits per heavy atom. The minimum Gasteiger partial charge on any atom is -0.313 e. The van der Waals surface area contributed by atoms with Crippen LogP contribution in [0.25, 0.3) is 0 Å². The largest absolute Gasteiger partial charge is 0.313 e. The molecule has 1 rings (SSSR count). The van der Waals surface area contributed by atoms with Crippen LogP contribution in [0.3, 0.4) is 0 Å². The van der Waals surface area contributed by atoms with E-state index < -0.39 is 0 Å². The van der Waals surface area contributed by atoms with Crippen LogP contribution < -0.4 is 5.32 Å². The molecule has 4 heteroatoms. The van der Waals surface area contributed by atoms with Crippen molar-refractivity contribution in [1.82, 2.24) is 15.1 Å². The molecule has 0 spiro atoms. The summed E-state index contributed by atoms with van der Waals surface area (Å²) in [7, 11) is 2.03. The molecule has 1 unspecified atom stereocenters. The summed E-state index contributed by atoms with van der Waals surface area (Å²) in [5, 5.41) is 8.20. The fraction of sp³-hybridized carbons (Fsp3) is 0.800. The zero-order valence-electron chi connectivity index (χ0n) is 13.2. The van der Waals surface area contributed by atoms with E-state index in [1.165, 1.54) is 18.5 Å². The van der Waals surface area contributed by atoms with Crippen LogP contribution in [0.15, 0.2) is 4.47 Å². The summed E-state index contributed by atoms with van der Waals surface area (Å²) < 4.78 is 3.16. The van der Waals surface area contributed by atoms with Crippen molar-refractivity contribution >= 4 is 15.9 Å². The maximum Gasteiger partial charge on any atom is 0.0738 e. The normalized spacial score (nSPS) is 13.8. The van der Waals surface area contributed by atoms with E-state index in [4.69, 9.17) is 0 Å². The molecule has 0 saturated carbocycles. The van der Waals surface area contributed by atoms with E-state index in [1.54, 1.807) is 0 Å². The highest BCUT2D eigenvalue weighted by Crippen LogP contribution is 2.30. The van der Waals surface area contributed by atoms with E-state index in [0.29, 0.717) is 6.04 Å². The summed E-state index contributed by atoms with van der Waals surface area (Å²) in [6.45, 7) is 12.3.